The van der Waals surface area contributed by atoms with Crippen molar-refractivity contribution in [2.24, 2.45) is 0 Å². The largest absolute Gasteiger partial charge is 0.491 e. The molecule has 0 N–H and O–H groups in total. The summed E-state index contributed by atoms with van der Waals surface area (Å²) in [4.78, 5) is 34.7. The molecule has 0 spiro atoms. The number of rotatable bonds is 10. The summed E-state index contributed by atoms with van der Waals surface area (Å²) in [6, 6.07) is 73.1. The highest BCUT2D eigenvalue weighted by Gasteiger charge is 2.16. The summed E-state index contributed by atoms with van der Waals surface area (Å²) in [5, 5.41) is 4.07. The molecule has 3 aliphatic heterocycles. The molecule has 14 aromatic rings. The molecular weight excluding hydrogens is 1210 g/mol. The van der Waals surface area contributed by atoms with Gasteiger partial charge in [0.15, 0.2) is 0 Å². The van der Waals surface area contributed by atoms with Crippen molar-refractivity contribution in [2.45, 2.75) is 34.0 Å². The molecule has 0 radical (unpaired) electrons. The van der Waals surface area contributed by atoms with Gasteiger partial charge in [0.2, 0.25) is 0 Å². The van der Waals surface area contributed by atoms with E-state index >= 15 is 0 Å². The summed E-state index contributed by atoms with van der Waals surface area (Å²) in [5.41, 5.74) is 19.2. The highest BCUT2D eigenvalue weighted by atomic mass is 16.6. The maximum atomic E-state index is 6.41. The molecule has 0 amide bonds. The smallest absolute Gasteiger partial charge is 0.123 e. The van der Waals surface area contributed by atoms with Crippen molar-refractivity contribution in [2.75, 3.05) is 52.9 Å². The van der Waals surface area contributed by atoms with Crippen molar-refractivity contribution in [1.82, 2.24) is 34.9 Å². The van der Waals surface area contributed by atoms with Crippen molar-refractivity contribution in [3.8, 4) is 102 Å². The van der Waals surface area contributed by atoms with E-state index < -0.39 is 0 Å². The summed E-state index contributed by atoms with van der Waals surface area (Å²) in [5.74, 6) is 4.22. The average molecular weight is 1280 g/mol. The van der Waals surface area contributed by atoms with Crippen LogP contribution < -0.4 is 28.4 Å². The molecule has 7 aromatic carbocycles. The molecule has 478 valence electrons. The van der Waals surface area contributed by atoms with E-state index in [-0.39, 0.29) is 6.61 Å². The lowest BCUT2D eigenvalue weighted by molar-refractivity contribution is 0.0746. The summed E-state index contributed by atoms with van der Waals surface area (Å²) >= 11 is 0. The van der Waals surface area contributed by atoms with Crippen molar-refractivity contribution < 1.29 is 37.9 Å². The van der Waals surface area contributed by atoms with Gasteiger partial charge in [-0.1, -0.05) is 78.9 Å². The van der Waals surface area contributed by atoms with Gasteiger partial charge in [-0.15, -0.1) is 0 Å². The van der Waals surface area contributed by atoms with E-state index in [0.29, 0.717) is 76.7 Å². The van der Waals surface area contributed by atoms with Gasteiger partial charge in [0, 0.05) is 79.2 Å². The SMILES string of the molecule is Cc1ccc(-c2cccc(-c3ccc(COc4ccc(-c5cc6ccc7cc(-c8ccc(OCc9cc%10cc(c9)OCCOCCOc9ccc(cc9)-c9ccc%11ccc%12ccc(nc%12c%11n9)-c9ccc(cc9)OCCOCCO%10)cc8)c(C)nc7c6nc5C)cc4)cn3)n2)nc1. The number of aryl methyl sites for hydroxylation is 3. The Morgan fingerprint density at radius 3 is 1.19 bits per heavy atom. The zero-order valence-corrected chi connectivity index (χ0v) is 53.9. The molecule has 0 unspecified atom stereocenters. The fourth-order valence-corrected chi connectivity index (χ4v) is 11.9. The Kier molecular flexibility index (Phi) is 17.8. The van der Waals surface area contributed by atoms with Gasteiger partial charge >= 0.3 is 0 Å². The van der Waals surface area contributed by atoms with E-state index in [1.807, 2.05) is 172 Å². The number of fused-ring (bicyclic) bond motifs is 5. The minimum atomic E-state index is 0.275. The number of nitrogens with zero attached hydrogens (tertiary/aromatic N) is 7. The number of pyridine rings is 7. The maximum Gasteiger partial charge on any atom is 0.123 e. The summed E-state index contributed by atoms with van der Waals surface area (Å²) in [6.07, 6.45) is 3.69. The third-order valence-corrected chi connectivity index (χ3v) is 17.0. The highest BCUT2D eigenvalue weighted by molar-refractivity contribution is 6.06. The second kappa shape index (κ2) is 28.1. The van der Waals surface area contributed by atoms with Crippen LogP contribution >= 0.6 is 0 Å². The topological polar surface area (TPSA) is 164 Å². The number of benzene rings is 7. The first-order chi connectivity index (χ1) is 47.7. The maximum absolute atomic E-state index is 6.41. The molecule has 15 heteroatoms. The van der Waals surface area contributed by atoms with Crippen molar-refractivity contribution in [1.29, 1.82) is 0 Å². The van der Waals surface area contributed by atoms with Gasteiger partial charge in [0.25, 0.3) is 0 Å². The van der Waals surface area contributed by atoms with Crippen LogP contribution in [0.25, 0.3) is 111 Å². The van der Waals surface area contributed by atoms with Crippen molar-refractivity contribution >= 4 is 43.6 Å². The lowest BCUT2D eigenvalue weighted by Gasteiger charge is -2.14. The zero-order valence-electron chi connectivity index (χ0n) is 53.9. The molecule has 0 saturated carbocycles. The van der Waals surface area contributed by atoms with Crippen LogP contribution in [-0.4, -0.2) is 87.7 Å². The van der Waals surface area contributed by atoms with Crippen LogP contribution in [0.2, 0.25) is 0 Å². The molecule has 0 fully saturated rings. The van der Waals surface area contributed by atoms with Gasteiger partial charge < -0.3 is 37.9 Å². The normalized spacial score (nSPS) is 13.1. The van der Waals surface area contributed by atoms with Gasteiger partial charge in [0.05, 0.1) is 82.7 Å². The Hall–Kier alpha value is -11.7. The molecule has 10 heterocycles. The van der Waals surface area contributed by atoms with Crippen LogP contribution in [-0.2, 0) is 22.7 Å². The van der Waals surface area contributed by atoms with Crippen LogP contribution in [0.3, 0.4) is 0 Å². The summed E-state index contributed by atoms with van der Waals surface area (Å²) < 4.78 is 49.1. The van der Waals surface area contributed by atoms with Crippen LogP contribution in [0.1, 0.15) is 28.1 Å². The minimum absolute atomic E-state index is 0.275. The summed E-state index contributed by atoms with van der Waals surface area (Å²) in [7, 11) is 0. The van der Waals surface area contributed by atoms with E-state index in [9.17, 15) is 0 Å². The fourth-order valence-electron chi connectivity index (χ4n) is 11.9. The Morgan fingerprint density at radius 1 is 0.309 bits per heavy atom. The first-order valence-corrected chi connectivity index (χ1v) is 32.5. The molecule has 10 bridgehead atoms. The average Bonchev–Trinajstić information content (AvgIpc) is 0.780. The second-order valence-electron chi connectivity index (χ2n) is 23.8. The lowest BCUT2D eigenvalue weighted by atomic mass is 9.98. The van der Waals surface area contributed by atoms with Gasteiger partial charge in [-0.25, -0.2) is 15.0 Å². The van der Waals surface area contributed by atoms with Gasteiger partial charge in [-0.05, 0) is 176 Å². The van der Waals surface area contributed by atoms with E-state index in [2.05, 4.69) is 84.7 Å². The first-order valence-electron chi connectivity index (χ1n) is 32.5. The van der Waals surface area contributed by atoms with E-state index in [0.717, 1.165) is 156 Å². The van der Waals surface area contributed by atoms with Gasteiger partial charge in [-0.2, -0.15) is 0 Å². The van der Waals surface area contributed by atoms with Crippen LogP contribution in [0.4, 0.5) is 0 Å². The molecule has 17 rings (SSSR count). The standard InChI is InChI=1S/C82H67N7O8/c1-52-7-31-75(83-48-52)77-5-4-6-78(87-77)76-32-8-55(49-84-76)50-96-67-23-13-57(14-24-67)71-45-63-11-12-64-46-72(54(3)86-82(64)81(63)85-53(71)2)58-15-25-68(26-16-58)97-51-56-43-69-47-70(44-56)95-42-38-91-36-40-93-66-29-19-60(20-30-66)74-34-22-62-10-9-61-21-33-73(88-79(61)80(62)89-74)59-17-27-65(28-18-59)92-39-35-90-37-41-94-69/h4-34,43-49H,35-42,50-51H2,1-3H3. The first kappa shape index (κ1) is 61.5. The number of aromatic nitrogens is 7. The third kappa shape index (κ3) is 14.3. The molecule has 0 saturated heterocycles. The van der Waals surface area contributed by atoms with E-state index in [1.54, 1.807) is 0 Å². The number of hydrogen-bond acceptors (Lipinski definition) is 15. The Bertz CT molecular complexity index is 5000. The molecule has 3 aliphatic rings. The quantitative estimate of drug-likeness (QED) is 0.119. The predicted octanol–water partition coefficient (Wildman–Crippen LogP) is 17.4. The van der Waals surface area contributed by atoms with Crippen LogP contribution in [0.5, 0.6) is 34.5 Å². The molecule has 0 aliphatic carbocycles. The summed E-state index contributed by atoms with van der Waals surface area (Å²) in [6.45, 7) is 9.67. The van der Waals surface area contributed by atoms with Crippen molar-refractivity contribution in [3.05, 3.63) is 259 Å². The highest BCUT2D eigenvalue weighted by Crippen LogP contribution is 2.36. The van der Waals surface area contributed by atoms with Crippen molar-refractivity contribution in [3.63, 3.8) is 0 Å². The molecule has 15 nitrogen and oxygen atoms in total. The van der Waals surface area contributed by atoms with Crippen LogP contribution in [0.15, 0.2) is 231 Å². The molecular formula is C82H67N7O8. The number of ether oxygens (including phenoxy) is 8. The Morgan fingerprint density at radius 2 is 0.722 bits per heavy atom. The van der Waals surface area contributed by atoms with Gasteiger partial charge in [0.1, 0.15) is 74.1 Å². The Balaban J connectivity index is 0.571. The lowest BCUT2D eigenvalue weighted by Crippen LogP contribution is -2.13. The van der Waals surface area contributed by atoms with E-state index in [4.69, 9.17) is 67.8 Å². The zero-order chi connectivity index (χ0) is 65.4. The second-order valence-corrected chi connectivity index (χ2v) is 23.8. The fraction of sp³-hybridized carbons (Fsp3) is 0.159. The van der Waals surface area contributed by atoms with Gasteiger partial charge in [-0.3, -0.25) is 19.9 Å². The Labute approximate surface area is 561 Å². The molecule has 7 aromatic heterocycles. The monoisotopic (exact) mass is 1280 g/mol. The molecule has 97 heavy (non-hydrogen) atoms. The minimum Gasteiger partial charge on any atom is -0.491 e. The predicted molar refractivity (Wildman–Crippen MR) is 379 cm³/mol. The molecule has 0 atom stereocenters. The van der Waals surface area contributed by atoms with E-state index in [1.165, 1.54) is 0 Å². The van der Waals surface area contributed by atoms with Crippen LogP contribution in [0, 0.1) is 20.8 Å². The number of hydrogen-bond donors (Lipinski definition) is 0. The third-order valence-electron chi connectivity index (χ3n) is 17.0.